The third kappa shape index (κ3) is 19.1. The number of esters is 1. The second-order valence-electron chi connectivity index (χ2n) is 23.0. The maximum atomic E-state index is 13.4. The SMILES string of the molecule is COC(=O)c1ccc(CN2CCOCC2)c(-c2ccccc2)n1.Nc1ccccc1-c1nc2cccnc2s1.O=C(Nc1ccccc1-c1nc2cccnc2s1)c1ccc(CN2CCOCC2)c(-c2ccccc2)n1.O=C(O)c1ccc(CN2CCOCC2)c(-c2ccccc2)n1.[Li+].[OH-]. The van der Waals surface area contributed by atoms with Gasteiger partial charge in [0.2, 0.25) is 0 Å². The van der Waals surface area contributed by atoms with Gasteiger partial charge in [-0.1, -0.05) is 156 Å². The average Bonchev–Trinajstić information content (AvgIpc) is 1.48. The van der Waals surface area contributed by atoms with E-state index in [9.17, 15) is 19.5 Å². The summed E-state index contributed by atoms with van der Waals surface area (Å²) in [6, 6.07) is 63.7. The summed E-state index contributed by atoms with van der Waals surface area (Å²) in [6.07, 6.45) is 3.54. The number of fused-ring (bicyclic) bond motifs is 2. The van der Waals surface area contributed by atoms with E-state index < -0.39 is 11.9 Å². The molecule has 0 aliphatic carbocycles. The number of nitrogens with two attached hydrogens (primary N) is 1. The summed E-state index contributed by atoms with van der Waals surface area (Å²) in [5.41, 5.74) is 20.3. The van der Waals surface area contributed by atoms with Gasteiger partial charge in [0.05, 0.1) is 69.5 Å². The molecule has 0 saturated carbocycles. The van der Waals surface area contributed by atoms with Crippen LogP contribution in [0.5, 0.6) is 0 Å². The molecule has 504 valence electrons. The Balaban J connectivity index is 0.000000150. The van der Waals surface area contributed by atoms with Crippen LogP contribution in [0, 0.1) is 0 Å². The number of carboxylic acids is 1. The number of aromatic nitrogens is 7. The molecule has 5 aromatic carbocycles. The molecule has 10 heterocycles. The number of methoxy groups -OCH3 is 1. The van der Waals surface area contributed by atoms with Gasteiger partial charge in [0.15, 0.2) is 0 Å². The molecule has 3 saturated heterocycles. The zero-order chi connectivity index (χ0) is 67.4. The Labute approximate surface area is 599 Å². The average molecular weight is 1370 g/mol. The number of amides is 1. The van der Waals surface area contributed by atoms with Gasteiger partial charge >= 0.3 is 30.8 Å². The van der Waals surface area contributed by atoms with Gasteiger partial charge in [-0.2, -0.15) is 0 Å². The van der Waals surface area contributed by atoms with E-state index in [1.54, 1.807) is 35.9 Å². The van der Waals surface area contributed by atoms with Crippen molar-refractivity contribution in [2.45, 2.75) is 19.6 Å². The van der Waals surface area contributed by atoms with Gasteiger partial charge in [-0.05, 0) is 83.4 Å². The smallest absolute Gasteiger partial charge is 0.870 e. The molecule has 3 aliphatic heterocycles. The van der Waals surface area contributed by atoms with Crippen LogP contribution < -0.4 is 29.9 Å². The van der Waals surface area contributed by atoms with E-state index >= 15 is 0 Å². The number of pyridine rings is 5. The van der Waals surface area contributed by atoms with Gasteiger partial charge < -0.3 is 40.6 Å². The Kier molecular flexibility index (Phi) is 26.5. The van der Waals surface area contributed by atoms with E-state index in [1.807, 2.05) is 188 Å². The van der Waals surface area contributed by atoms with E-state index in [4.69, 9.17) is 34.6 Å². The van der Waals surface area contributed by atoms with Crippen molar-refractivity contribution in [1.82, 2.24) is 49.6 Å². The predicted molar refractivity (Wildman–Crippen MR) is 386 cm³/mol. The fourth-order valence-corrected chi connectivity index (χ4v) is 13.2. The minimum Gasteiger partial charge on any atom is -0.870 e. The first-order chi connectivity index (χ1) is 48.1. The first-order valence-electron chi connectivity index (χ1n) is 32.2. The van der Waals surface area contributed by atoms with Crippen LogP contribution in [0.25, 0.3) is 75.6 Å². The monoisotopic (exact) mass is 1370 g/mol. The molecular weight excluding hydrogens is 1300 g/mol. The first kappa shape index (κ1) is 72.9. The summed E-state index contributed by atoms with van der Waals surface area (Å²) in [4.78, 5) is 76.9. The molecule has 1 amide bonds. The molecule has 21 nitrogen and oxygen atoms in total. The number of rotatable bonds is 15. The molecule has 0 atom stereocenters. The summed E-state index contributed by atoms with van der Waals surface area (Å²) in [6.45, 7) is 12.1. The maximum Gasteiger partial charge on any atom is 1.00 e. The van der Waals surface area contributed by atoms with Gasteiger partial charge in [0.25, 0.3) is 5.91 Å². The molecule has 15 rings (SSSR count). The Bertz CT molecular complexity index is 4590. The summed E-state index contributed by atoms with van der Waals surface area (Å²) in [7, 11) is 1.37. The third-order valence-corrected chi connectivity index (χ3v) is 18.4. The first-order valence-corrected chi connectivity index (χ1v) is 33.8. The molecular formula is C76H73LiN12O9S2. The summed E-state index contributed by atoms with van der Waals surface area (Å²) in [5.74, 6) is -1.68. The van der Waals surface area contributed by atoms with E-state index in [0.29, 0.717) is 17.1 Å². The van der Waals surface area contributed by atoms with E-state index in [-0.39, 0.29) is 35.9 Å². The number of aromatic carboxylic acids is 1. The van der Waals surface area contributed by atoms with Crippen molar-refractivity contribution in [3.8, 4) is 54.9 Å². The van der Waals surface area contributed by atoms with Gasteiger partial charge in [0.1, 0.15) is 47.8 Å². The van der Waals surface area contributed by atoms with Crippen LogP contribution in [0.4, 0.5) is 11.4 Å². The molecule has 12 aromatic rings. The second kappa shape index (κ2) is 36.3. The standard InChI is InChI=1S/C29H25N5O2S.C18H20N2O3.C17H18N2O3.C12H9N3S.Li.H2O/c35-27(32-23-10-5-4-9-22(23)28-33-25-11-6-14-30-29(25)37-28)24-13-12-21(19-34-15-17-36-18-16-34)26(31-24)20-7-2-1-3-8-20;1-22-18(21)16-8-7-15(13-20-9-11-23-12-10-20)17(19-16)14-5-3-2-4-6-14;20-17(21)15-7-6-14(12-19-8-10-22-11-9-19)16(18-15)13-4-2-1-3-5-13;13-9-5-2-1-4-8(9)11-15-10-6-3-7-14-12(10)16-11;;/h1-14H,15-19H2,(H,32,35);2-8H,9-13H2,1H3;1-7H,8-12H2,(H,20,21);1-7H,13H2;;1H2/q;;;;+1;/p-1. The van der Waals surface area contributed by atoms with E-state index in [2.05, 4.69) is 44.9 Å². The molecule has 0 radical (unpaired) electrons. The fraction of sp³-hybridized carbons (Fsp3) is 0.211. The van der Waals surface area contributed by atoms with Crippen molar-refractivity contribution in [1.29, 1.82) is 0 Å². The normalized spacial score (nSPS) is 13.9. The van der Waals surface area contributed by atoms with E-state index in [0.717, 1.165) is 197 Å². The zero-order valence-electron chi connectivity index (χ0n) is 55.4. The number of para-hydroxylation sites is 2. The van der Waals surface area contributed by atoms with Crippen LogP contribution in [-0.2, 0) is 38.6 Å². The maximum absolute atomic E-state index is 13.4. The van der Waals surface area contributed by atoms with Crippen LogP contribution >= 0.6 is 22.7 Å². The fourth-order valence-electron chi connectivity index (χ4n) is 11.3. The predicted octanol–water partition coefficient (Wildman–Crippen LogP) is 9.92. The topological polar surface area (TPSA) is 276 Å². The molecule has 0 unspecified atom stereocenters. The number of carbonyl (C=O) groups is 3. The number of nitrogen functional groups attached to an aromatic ring is 1. The number of hydrogen-bond acceptors (Lipinski definition) is 21. The number of thiazole rings is 2. The number of benzene rings is 5. The minimum atomic E-state index is -1.00. The summed E-state index contributed by atoms with van der Waals surface area (Å²) in [5, 5.41) is 14.0. The van der Waals surface area contributed by atoms with Crippen molar-refractivity contribution >= 4 is 72.6 Å². The van der Waals surface area contributed by atoms with Crippen LogP contribution in [0.3, 0.4) is 0 Å². The minimum absolute atomic E-state index is 0. The number of hydrogen-bond donors (Lipinski definition) is 3. The van der Waals surface area contributed by atoms with Crippen molar-refractivity contribution in [3.63, 3.8) is 0 Å². The van der Waals surface area contributed by atoms with E-state index in [1.165, 1.54) is 18.4 Å². The summed E-state index contributed by atoms with van der Waals surface area (Å²) >= 11 is 3.07. The molecule has 5 N–H and O–H groups in total. The molecule has 0 spiro atoms. The largest absolute Gasteiger partial charge is 1.00 e. The molecule has 24 heteroatoms. The molecule has 100 heavy (non-hydrogen) atoms. The van der Waals surface area contributed by atoms with Gasteiger partial charge in [-0.25, -0.2) is 44.5 Å². The Morgan fingerprint density at radius 1 is 0.470 bits per heavy atom. The van der Waals surface area contributed by atoms with Crippen LogP contribution in [0.15, 0.2) is 213 Å². The quantitative estimate of drug-likeness (QED) is 0.0489. The van der Waals surface area contributed by atoms with Crippen LogP contribution in [0.1, 0.15) is 48.2 Å². The number of nitrogens with one attached hydrogen (secondary N) is 1. The van der Waals surface area contributed by atoms with Gasteiger partial charge in [-0.15, -0.1) is 0 Å². The third-order valence-electron chi connectivity index (χ3n) is 16.3. The number of anilines is 2. The van der Waals surface area contributed by atoms with Crippen LogP contribution in [-0.4, -0.2) is 164 Å². The van der Waals surface area contributed by atoms with Crippen molar-refractivity contribution in [2.75, 3.05) is 97.1 Å². The zero-order valence-corrected chi connectivity index (χ0v) is 57.1. The second-order valence-corrected chi connectivity index (χ2v) is 24.9. The number of ether oxygens (including phenoxy) is 4. The van der Waals surface area contributed by atoms with Crippen LogP contribution in [0.2, 0.25) is 0 Å². The number of nitrogens with zero attached hydrogens (tertiary/aromatic N) is 10. The van der Waals surface area contributed by atoms with Crippen molar-refractivity contribution in [3.05, 3.63) is 246 Å². The number of carboxylic acid groups (broad SMARTS) is 1. The molecule has 7 aromatic heterocycles. The molecule has 3 fully saturated rings. The Morgan fingerprint density at radius 3 is 1.28 bits per heavy atom. The van der Waals surface area contributed by atoms with Crippen molar-refractivity contribution in [2.24, 2.45) is 0 Å². The Morgan fingerprint density at radius 2 is 0.850 bits per heavy atom. The van der Waals surface area contributed by atoms with Gasteiger partial charge in [0, 0.05) is 105 Å². The van der Waals surface area contributed by atoms with Crippen molar-refractivity contribution < 1.29 is 62.8 Å². The van der Waals surface area contributed by atoms with Gasteiger partial charge in [-0.3, -0.25) is 19.5 Å². The molecule has 3 aliphatic rings. The Hall–Kier alpha value is -9.84. The number of morpholine rings is 3. The molecule has 0 bridgehead atoms. The number of carbonyl (C=O) groups excluding carboxylic acids is 2. The summed E-state index contributed by atoms with van der Waals surface area (Å²) < 4.78 is 21.1.